The fraction of sp³-hybridized carbons (Fsp3) is 0.538. The molecule has 0 atom stereocenters. The van der Waals surface area contributed by atoms with Crippen molar-refractivity contribution in [3.8, 4) is 5.75 Å². The van der Waals surface area contributed by atoms with Gasteiger partial charge in [-0.05, 0) is 37.6 Å². The summed E-state index contributed by atoms with van der Waals surface area (Å²) in [4.78, 5) is 0. The van der Waals surface area contributed by atoms with Crippen LogP contribution in [0.3, 0.4) is 0 Å². The monoisotopic (exact) mass is 257 g/mol. The van der Waals surface area contributed by atoms with Crippen molar-refractivity contribution in [1.82, 2.24) is 5.32 Å². The zero-order chi connectivity index (χ0) is 12.5. The van der Waals surface area contributed by atoms with Crippen LogP contribution in [0.1, 0.15) is 18.4 Å². The van der Waals surface area contributed by atoms with Gasteiger partial charge in [-0.15, -0.1) is 0 Å². The lowest BCUT2D eigenvalue weighted by Gasteiger charge is -2.10. The number of hydrogen-bond acceptors (Lipinski definition) is 3. The van der Waals surface area contributed by atoms with Gasteiger partial charge in [-0.1, -0.05) is 11.6 Å². The highest BCUT2D eigenvalue weighted by molar-refractivity contribution is 6.30. The van der Waals surface area contributed by atoms with Crippen LogP contribution in [0.25, 0.3) is 0 Å². The lowest BCUT2D eigenvalue weighted by molar-refractivity contribution is 0.192. The van der Waals surface area contributed by atoms with E-state index in [1.165, 1.54) is 0 Å². The summed E-state index contributed by atoms with van der Waals surface area (Å²) in [5.74, 6) is 0.874. The van der Waals surface area contributed by atoms with Gasteiger partial charge in [0.05, 0.1) is 7.11 Å². The van der Waals surface area contributed by atoms with E-state index in [-0.39, 0.29) is 0 Å². The molecular formula is C13H20ClNO2. The van der Waals surface area contributed by atoms with E-state index in [4.69, 9.17) is 21.1 Å². The number of hydrogen-bond donors (Lipinski definition) is 1. The Morgan fingerprint density at radius 1 is 1.24 bits per heavy atom. The smallest absolute Gasteiger partial charge is 0.123 e. The predicted molar refractivity (Wildman–Crippen MR) is 70.8 cm³/mol. The molecule has 17 heavy (non-hydrogen) atoms. The minimum Gasteiger partial charge on any atom is -0.496 e. The van der Waals surface area contributed by atoms with Crippen LogP contribution in [-0.2, 0) is 11.3 Å². The first-order valence-electron chi connectivity index (χ1n) is 5.80. The van der Waals surface area contributed by atoms with E-state index in [1.807, 2.05) is 18.2 Å². The Morgan fingerprint density at radius 2 is 2.06 bits per heavy atom. The highest BCUT2D eigenvalue weighted by atomic mass is 35.5. The number of benzene rings is 1. The predicted octanol–water partition coefficient (Wildman–Crippen LogP) is 2.86. The first kappa shape index (κ1) is 14.3. The average Bonchev–Trinajstić information content (AvgIpc) is 2.34. The minimum atomic E-state index is 0.738. The molecule has 0 spiro atoms. The van der Waals surface area contributed by atoms with Crippen LogP contribution in [0.2, 0.25) is 5.02 Å². The molecule has 0 heterocycles. The van der Waals surface area contributed by atoms with Gasteiger partial charge in [-0.25, -0.2) is 0 Å². The molecule has 0 aliphatic rings. The Kier molecular flexibility index (Phi) is 7.01. The average molecular weight is 258 g/mol. The van der Waals surface area contributed by atoms with Gasteiger partial charge in [0, 0.05) is 30.8 Å². The third-order valence-electron chi connectivity index (χ3n) is 2.51. The number of ether oxygens (including phenoxy) is 2. The molecule has 0 bridgehead atoms. The normalized spacial score (nSPS) is 10.5. The third-order valence-corrected chi connectivity index (χ3v) is 2.75. The van der Waals surface area contributed by atoms with Crippen molar-refractivity contribution in [2.75, 3.05) is 27.4 Å². The van der Waals surface area contributed by atoms with Gasteiger partial charge in [0.15, 0.2) is 0 Å². The Hall–Kier alpha value is -0.770. The first-order chi connectivity index (χ1) is 8.27. The van der Waals surface area contributed by atoms with E-state index in [2.05, 4.69) is 5.32 Å². The maximum absolute atomic E-state index is 5.96. The summed E-state index contributed by atoms with van der Waals surface area (Å²) in [7, 11) is 3.40. The van der Waals surface area contributed by atoms with E-state index < -0.39 is 0 Å². The van der Waals surface area contributed by atoms with Gasteiger partial charge >= 0.3 is 0 Å². The van der Waals surface area contributed by atoms with Gasteiger partial charge < -0.3 is 14.8 Å². The van der Waals surface area contributed by atoms with Gasteiger partial charge in [-0.2, -0.15) is 0 Å². The van der Waals surface area contributed by atoms with Crippen LogP contribution in [0.15, 0.2) is 18.2 Å². The van der Waals surface area contributed by atoms with Crippen molar-refractivity contribution in [3.05, 3.63) is 28.8 Å². The second-order valence-electron chi connectivity index (χ2n) is 3.83. The fourth-order valence-electron chi connectivity index (χ4n) is 1.60. The molecule has 0 aliphatic heterocycles. The molecule has 0 aliphatic carbocycles. The summed E-state index contributed by atoms with van der Waals surface area (Å²) < 4.78 is 10.3. The summed E-state index contributed by atoms with van der Waals surface area (Å²) in [6.45, 7) is 2.57. The van der Waals surface area contributed by atoms with Crippen molar-refractivity contribution in [2.45, 2.75) is 19.4 Å². The topological polar surface area (TPSA) is 30.5 Å². The lowest BCUT2D eigenvalue weighted by Crippen LogP contribution is -2.15. The molecular weight excluding hydrogens is 238 g/mol. The van der Waals surface area contributed by atoms with Crippen LogP contribution in [0.4, 0.5) is 0 Å². The van der Waals surface area contributed by atoms with Crippen LogP contribution in [-0.4, -0.2) is 27.4 Å². The second-order valence-corrected chi connectivity index (χ2v) is 4.27. The van der Waals surface area contributed by atoms with E-state index in [0.717, 1.165) is 48.9 Å². The fourth-order valence-corrected chi connectivity index (χ4v) is 1.80. The van der Waals surface area contributed by atoms with E-state index in [9.17, 15) is 0 Å². The van der Waals surface area contributed by atoms with Crippen LogP contribution in [0.5, 0.6) is 5.75 Å². The SMILES string of the molecule is COCCCCNCc1cc(Cl)ccc1OC. The Balaban J connectivity index is 2.32. The van der Waals surface area contributed by atoms with Crippen molar-refractivity contribution in [1.29, 1.82) is 0 Å². The molecule has 4 heteroatoms. The summed E-state index contributed by atoms with van der Waals surface area (Å²) in [6, 6.07) is 5.66. The van der Waals surface area contributed by atoms with E-state index in [0.29, 0.717) is 0 Å². The van der Waals surface area contributed by atoms with Gasteiger partial charge in [0.25, 0.3) is 0 Å². The highest BCUT2D eigenvalue weighted by Crippen LogP contribution is 2.22. The molecule has 0 amide bonds. The molecule has 0 fully saturated rings. The van der Waals surface area contributed by atoms with E-state index >= 15 is 0 Å². The molecule has 0 saturated heterocycles. The first-order valence-corrected chi connectivity index (χ1v) is 6.17. The molecule has 1 rings (SSSR count). The van der Waals surface area contributed by atoms with Crippen molar-refractivity contribution < 1.29 is 9.47 Å². The van der Waals surface area contributed by atoms with Crippen LogP contribution >= 0.6 is 11.6 Å². The summed E-state index contributed by atoms with van der Waals surface area (Å²) in [5, 5.41) is 4.11. The molecule has 1 aromatic carbocycles. The Morgan fingerprint density at radius 3 is 2.76 bits per heavy atom. The number of rotatable bonds is 8. The van der Waals surface area contributed by atoms with E-state index in [1.54, 1.807) is 14.2 Å². The number of nitrogens with one attached hydrogen (secondary N) is 1. The lowest BCUT2D eigenvalue weighted by atomic mass is 10.2. The zero-order valence-electron chi connectivity index (χ0n) is 10.5. The quantitative estimate of drug-likeness (QED) is 0.727. The van der Waals surface area contributed by atoms with Crippen molar-refractivity contribution in [2.24, 2.45) is 0 Å². The maximum Gasteiger partial charge on any atom is 0.123 e. The molecule has 0 saturated carbocycles. The minimum absolute atomic E-state index is 0.738. The second kappa shape index (κ2) is 8.34. The molecule has 0 radical (unpaired) electrons. The summed E-state index contributed by atoms with van der Waals surface area (Å²) in [6.07, 6.45) is 2.19. The van der Waals surface area contributed by atoms with Crippen molar-refractivity contribution >= 4 is 11.6 Å². The number of unbranched alkanes of at least 4 members (excludes halogenated alkanes) is 1. The standard InChI is InChI=1S/C13H20ClNO2/c1-16-8-4-3-7-15-10-11-9-12(14)5-6-13(11)17-2/h5-6,9,15H,3-4,7-8,10H2,1-2H3. The van der Waals surface area contributed by atoms with Gasteiger partial charge in [-0.3, -0.25) is 0 Å². The molecule has 3 nitrogen and oxygen atoms in total. The molecule has 1 N–H and O–H groups in total. The maximum atomic E-state index is 5.96. The number of methoxy groups -OCH3 is 2. The molecule has 1 aromatic rings. The van der Waals surface area contributed by atoms with Crippen LogP contribution in [0, 0.1) is 0 Å². The third kappa shape index (κ3) is 5.39. The summed E-state index contributed by atoms with van der Waals surface area (Å²) in [5.41, 5.74) is 1.09. The summed E-state index contributed by atoms with van der Waals surface area (Å²) >= 11 is 5.96. The largest absolute Gasteiger partial charge is 0.496 e. The molecule has 96 valence electrons. The molecule has 0 unspecified atom stereocenters. The van der Waals surface area contributed by atoms with Gasteiger partial charge in [0.1, 0.15) is 5.75 Å². The Labute approximate surface area is 108 Å². The highest BCUT2D eigenvalue weighted by Gasteiger charge is 2.02. The Bertz CT molecular complexity index is 331. The van der Waals surface area contributed by atoms with Gasteiger partial charge in [0.2, 0.25) is 0 Å². The molecule has 0 aromatic heterocycles. The number of halogens is 1. The zero-order valence-corrected chi connectivity index (χ0v) is 11.2. The van der Waals surface area contributed by atoms with Crippen molar-refractivity contribution in [3.63, 3.8) is 0 Å². The van der Waals surface area contributed by atoms with Crippen LogP contribution < -0.4 is 10.1 Å².